The van der Waals surface area contributed by atoms with Crippen LogP contribution in [0.5, 0.6) is 5.75 Å². The number of ether oxygens (including phenoxy) is 2. The predicted octanol–water partition coefficient (Wildman–Crippen LogP) is 3.83. The Morgan fingerprint density at radius 3 is 2.48 bits per heavy atom. The van der Waals surface area contributed by atoms with E-state index in [9.17, 15) is 14.0 Å². The Morgan fingerprint density at radius 2 is 1.83 bits per heavy atom. The number of amides is 1. The van der Waals surface area contributed by atoms with E-state index >= 15 is 0 Å². The van der Waals surface area contributed by atoms with Gasteiger partial charge in [-0.2, -0.15) is 0 Å². The lowest BCUT2D eigenvalue weighted by Gasteiger charge is -2.14. The Bertz CT molecular complexity index is 992. The minimum Gasteiger partial charge on any atom is -0.486 e. The van der Waals surface area contributed by atoms with E-state index in [-0.39, 0.29) is 13.0 Å². The molecule has 0 aliphatic rings. The summed E-state index contributed by atoms with van der Waals surface area (Å²) in [5.41, 5.74) is 6.09. The maximum Gasteiger partial charge on any atom is 0.313 e. The van der Waals surface area contributed by atoms with Gasteiger partial charge in [-0.05, 0) is 36.4 Å². The Morgan fingerprint density at radius 1 is 1.14 bits per heavy atom. The van der Waals surface area contributed by atoms with Gasteiger partial charge in [0.2, 0.25) is 6.10 Å². The van der Waals surface area contributed by atoms with Crippen LogP contribution in [0.15, 0.2) is 53.9 Å². The second-order valence-corrected chi connectivity index (χ2v) is 7.35. The lowest BCUT2D eigenvalue weighted by Crippen LogP contribution is -2.26. The van der Waals surface area contributed by atoms with E-state index in [0.29, 0.717) is 27.0 Å². The van der Waals surface area contributed by atoms with Crippen LogP contribution < -0.4 is 10.5 Å². The summed E-state index contributed by atoms with van der Waals surface area (Å²) in [7, 11) is 0. The van der Waals surface area contributed by atoms with Crippen molar-refractivity contribution in [3.8, 4) is 5.75 Å². The molecule has 0 spiro atoms. The fourth-order valence-electron chi connectivity index (χ4n) is 2.42. The molecule has 29 heavy (non-hydrogen) atoms. The number of nitrogens with zero attached hydrogens (tertiary/aromatic N) is 1. The molecule has 1 heterocycles. The summed E-state index contributed by atoms with van der Waals surface area (Å²) in [6.45, 7) is 0.237. The molecule has 1 amide bonds. The largest absolute Gasteiger partial charge is 0.486 e. The number of benzene rings is 2. The Hall–Kier alpha value is -2.97. The van der Waals surface area contributed by atoms with Gasteiger partial charge in [-0.1, -0.05) is 23.7 Å². The van der Waals surface area contributed by atoms with Crippen molar-refractivity contribution in [2.75, 3.05) is 0 Å². The third-order valence-electron chi connectivity index (χ3n) is 3.78. The molecule has 0 radical (unpaired) electrons. The Labute approximate surface area is 175 Å². The van der Waals surface area contributed by atoms with E-state index in [4.69, 9.17) is 26.8 Å². The zero-order chi connectivity index (χ0) is 20.8. The summed E-state index contributed by atoms with van der Waals surface area (Å²) >= 11 is 7.16. The van der Waals surface area contributed by atoms with Gasteiger partial charge in [0.25, 0.3) is 5.91 Å². The highest BCUT2D eigenvalue weighted by molar-refractivity contribution is 7.09. The maximum absolute atomic E-state index is 13.0. The van der Waals surface area contributed by atoms with Crippen LogP contribution in [0.1, 0.15) is 22.4 Å². The summed E-state index contributed by atoms with van der Waals surface area (Å²) in [5, 5.41) is 2.99. The zero-order valence-corrected chi connectivity index (χ0v) is 16.6. The third kappa shape index (κ3) is 6.00. The third-order valence-corrected chi connectivity index (χ3v) is 4.90. The number of nitrogens with two attached hydrogens (primary N) is 1. The van der Waals surface area contributed by atoms with E-state index in [1.807, 2.05) is 0 Å². The highest BCUT2D eigenvalue weighted by Gasteiger charge is 2.23. The summed E-state index contributed by atoms with van der Waals surface area (Å²) < 4.78 is 23.8. The van der Waals surface area contributed by atoms with Crippen LogP contribution in [0.4, 0.5) is 4.39 Å². The quantitative estimate of drug-likeness (QED) is 0.544. The average Bonchev–Trinajstić information content (AvgIpc) is 3.13. The van der Waals surface area contributed by atoms with Crippen molar-refractivity contribution in [2.45, 2.75) is 19.1 Å². The Kier molecular flexibility index (Phi) is 6.79. The van der Waals surface area contributed by atoms with Crippen LogP contribution in [-0.2, 0) is 27.4 Å². The first-order chi connectivity index (χ1) is 13.9. The molecule has 3 rings (SSSR count). The number of esters is 1. The number of hydrogen-bond acceptors (Lipinski definition) is 6. The number of carbonyl (C=O) groups excluding carboxylic acids is 2. The van der Waals surface area contributed by atoms with Gasteiger partial charge < -0.3 is 15.2 Å². The first-order valence-electron chi connectivity index (χ1n) is 8.46. The standard InChI is InChI=1S/C20H16ClFN2O4S/c21-13-3-7-16(8-4-13)27-10-17-24-15(11-29-17)9-18(25)28-19(20(23)26)12-1-5-14(22)6-2-12/h1-8,11,19H,9-10H2,(H2,23,26). The summed E-state index contributed by atoms with van der Waals surface area (Å²) in [6.07, 6.45) is -1.43. The molecule has 0 fully saturated rings. The smallest absolute Gasteiger partial charge is 0.313 e. The fourth-order valence-corrected chi connectivity index (χ4v) is 3.25. The highest BCUT2D eigenvalue weighted by Crippen LogP contribution is 2.21. The van der Waals surface area contributed by atoms with Crippen molar-refractivity contribution in [2.24, 2.45) is 5.73 Å². The van der Waals surface area contributed by atoms with Gasteiger partial charge in [-0.3, -0.25) is 9.59 Å². The molecular weight excluding hydrogens is 419 g/mol. The highest BCUT2D eigenvalue weighted by atomic mass is 35.5. The molecule has 0 aliphatic heterocycles. The van der Waals surface area contributed by atoms with Gasteiger partial charge in [0.15, 0.2) is 0 Å². The summed E-state index contributed by atoms with van der Waals surface area (Å²) in [5.74, 6) is -1.35. The van der Waals surface area contributed by atoms with E-state index < -0.39 is 23.8 Å². The lowest BCUT2D eigenvalue weighted by atomic mass is 10.1. The second-order valence-electron chi connectivity index (χ2n) is 5.98. The normalized spacial score (nSPS) is 11.7. The van der Waals surface area contributed by atoms with Crippen molar-refractivity contribution >= 4 is 34.8 Å². The van der Waals surface area contributed by atoms with Crippen molar-refractivity contribution < 1.29 is 23.5 Å². The summed E-state index contributed by atoms with van der Waals surface area (Å²) in [4.78, 5) is 28.2. The molecule has 1 unspecified atom stereocenters. The van der Waals surface area contributed by atoms with Crippen LogP contribution in [0.3, 0.4) is 0 Å². The minimum absolute atomic E-state index is 0.136. The summed E-state index contributed by atoms with van der Waals surface area (Å²) in [6, 6.07) is 11.9. The molecule has 150 valence electrons. The van der Waals surface area contributed by atoms with Crippen molar-refractivity contribution in [1.29, 1.82) is 0 Å². The first kappa shape index (κ1) is 20.8. The van der Waals surface area contributed by atoms with Gasteiger partial charge in [-0.15, -0.1) is 11.3 Å². The van der Waals surface area contributed by atoms with E-state index in [1.165, 1.54) is 23.5 Å². The van der Waals surface area contributed by atoms with Crippen molar-refractivity contribution in [3.05, 3.63) is 81.0 Å². The molecule has 2 N–H and O–H groups in total. The van der Waals surface area contributed by atoms with Crippen LogP contribution in [0.25, 0.3) is 0 Å². The van der Waals surface area contributed by atoms with E-state index in [2.05, 4.69) is 4.98 Å². The van der Waals surface area contributed by atoms with Gasteiger partial charge >= 0.3 is 5.97 Å². The van der Waals surface area contributed by atoms with Gasteiger partial charge in [-0.25, -0.2) is 9.37 Å². The van der Waals surface area contributed by atoms with Crippen molar-refractivity contribution in [3.63, 3.8) is 0 Å². The molecule has 0 saturated carbocycles. The van der Waals surface area contributed by atoms with E-state index in [0.717, 1.165) is 12.1 Å². The van der Waals surface area contributed by atoms with Gasteiger partial charge in [0.05, 0.1) is 12.1 Å². The van der Waals surface area contributed by atoms with Gasteiger partial charge in [0.1, 0.15) is 23.2 Å². The fraction of sp³-hybridized carbons (Fsp3) is 0.150. The molecule has 6 nitrogen and oxygen atoms in total. The SMILES string of the molecule is NC(=O)C(OC(=O)Cc1csc(COc2ccc(Cl)cc2)n1)c1ccc(F)cc1. The average molecular weight is 435 g/mol. The van der Waals surface area contributed by atoms with Crippen molar-refractivity contribution in [1.82, 2.24) is 4.98 Å². The molecular formula is C20H16ClFN2O4S. The first-order valence-corrected chi connectivity index (χ1v) is 9.72. The molecule has 9 heteroatoms. The second kappa shape index (κ2) is 9.49. The monoisotopic (exact) mass is 434 g/mol. The molecule has 2 aromatic carbocycles. The molecule has 0 bridgehead atoms. The lowest BCUT2D eigenvalue weighted by molar-refractivity contribution is -0.154. The van der Waals surface area contributed by atoms with Crippen LogP contribution >= 0.6 is 22.9 Å². The minimum atomic E-state index is -1.30. The van der Waals surface area contributed by atoms with E-state index in [1.54, 1.807) is 29.6 Å². The number of hydrogen-bond donors (Lipinski definition) is 1. The zero-order valence-electron chi connectivity index (χ0n) is 15.0. The Balaban J connectivity index is 1.56. The number of primary amides is 1. The molecule has 3 aromatic rings. The number of halogens is 2. The maximum atomic E-state index is 13.0. The topological polar surface area (TPSA) is 91.5 Å². The molecule has 0 aliphatic carbocycles. The molecule has 1 aromatic heterocycles. The number of thiazole rings is 1. The predicted molar refractivity (Wildman–Crippen MR) is 106 cm³/mol. The van der Waals surface area contributed by atoms with Crippen LogP contribution in [0.2, 0.25) is 5.02 Å². The number of rotatable bonds is 8. The number of carbonyl (C=O) groups is 2. The molecule has 0 saturated heterocycles. The van der Waals surface area contributed by atoms with Gasteiger partial charge in [0, 0.05) is 16.0 Å². The molecule has 1 atom stereocenters. The van der Waals surface area contributed by atoms with Crippen LogP contribution in [-0.4, -0.2) is 16.9 Å². The van der Waals surface area contributed by atoms with Crippen LogP contribution in [0, 0.1) is 5.82 Å². The number of aromatic nitrogens is 1.